The molecule has 35 heavy (non-hydrogen) atoms. The van der Waals surface area contributed by atoms with Crippen molar-refractivity contribution in [3.05, 3.63) is 11.6 Å². The summed E-state index contributed by atoms with van der Waals surface area (Å²) in [6.07, 6.45) is 3.94. The van der Waals surface area contributed by atoms with E-state index < -0.39 is 35.3 Å². The molecule has 7 atom stereocenters. The molecule has 0 radical (unpaired) electrons. The number of allylic oxidation sites excluding steroid dienone is 1. The van der Waals surface area contributed by atoms with Gasteiger partial charge in [0.15, 0.2) is 12.6 Å². The van der Waals surface area contributed by atoms with E-state index >= 15 is 0 Å². The van der Waals surface area contributed by atoms with E-state index in [2.05, 4.69) is 6.92 Å². The number of aliphatic hydroxyl groups excluding tert-OH is 1. The Morgan fingerprint density at radius 3 is 2.60 bits per heavy atom. The summed E-state index contributed by atoms with van der Waals surface area (Å²) in [6, 6.07) is 0. The SMILES string of the molecule is CCOCOC(=O)[C@@]1(OC(=O)OC(C)C)CC[C@H]2[C@@H]3CCC4=CC(=O)CC[C@]4(C)[C@H]3[C@@H](O)C[C@@]21C. The van der Waals surface area contributed by atoms with Gasteiger partial charge in [-0.05, 0) is 88.5 Å². The molecule has 0 heterocycles. The van der Waals surface area contributed by atoms with E-state index in [1.165, 1.54) is 0 Å². The third-order valence-corrected chi connectivity index (χ3v) is 9.41. The summed E-state index contributed by atoms with van der Waals surface area (Å²) in [5, 5.41) is 11.6. The van der Waals surface area contributed by atoms with Gasteiger partial charge < -0.3 is 24.1 Å². The van der Waals surface area contributed by atoms with Crippen LogP contribution in [0.3, 0.4) is 0 Å². The highest BCUT2D eigenvalue weighted by Crippen LogP contribution is 2.68. The van der Waals surface area contributed by atoms with Gasteiger partial charge in [0.25, 0.3) is 0 Å². The van der Waals surface area contributed by atoms with Crippen molar-refractivity contribution in [3.8, 4) is 0 Å². The molecule has 3 fully saturated rings. The number of hydrogen-bond donors (Lipinski definition) is 1. The van der Waals surface area contributed by atoms with Crippen LogP contribution >= 0.6 is 0 Å². The molecular formula is C27H40O8. The van der Waals surface area contributed by atoms with Gasteiger partial charge in [-0.3, -0.25) is 4.79 Å². The highest BCUT2D eigenvalue weighted by molar-refractivity contribution is 5.91. The summed E-state index contributed by atoms with van der Waals surface area (Å²) in [6.45, 7) is 9.53. The number of carbonyl (C=O) groups excluding carboxylic acids is 3. The van der Waals surface area contributed by atoms with Gasteiger partial charge in [-0.15, -0.1) is 0 Å². The van der Waals surface area contributed by atoms with E-state index in [0.29, 0.717) is 32.3 Å². The topological polar surface area (TPSA) is 108 Å². The highest BCUT2D eigenvalue weighted by atomic mass is 16.8. The lowest BCUT2D eigenvalue weighted by molar-refractivity contribution is -0.211. The van der Waals surface area contributed by atoms with E-state index in [1.807, 2.05) is 6.92 Å². The summed E-state index contributed by atoms with van der Waals surface area (Å²) >= 11 is 0. The van der Waals surface area contributed by atoms with Gasteiger partial charge in [-0.1, -0.05) is 19.4 Å². The van der Waals surface area contributed by atoms with E-state index in [-0.39, 0.29) is 35.7 Å². The van der Waals surface area contributed by atoms with Crippen LogP contribution in [0.15, 0.2) is 11.6 Å². The quantitative estimate of drug-likeness (QED) is 0.332. The maximum absolute atomic E-state index is 13.6. The summed E-state index contributed by atoms with van der Waals surface area (Å²) in [4.78, 5) is 38.4. The first-order chi connectivity index (χ1) is 16.5. The second-order valence-corrected chi connectivity index (χ2v) is 11.5. The smallest absolute Gasteiger partial charge is 0.435 e. The van der Waals surface area contributed by atoms with Gasteiger partial charge in [0, 0.05) is 18.4 Å². The molecule has 0 aromatic carbocycles. The van der Waals surface area contributed by atoms with Crippen molar-refractivity contribution in [2.45, 2.75) is 97.4 Å². The van der Waals surface area contributed by atoms with Crippen LogP contribution in [0.1, 0.15) is 79.6 Å². The molecule has 1 N–H and O–H groups in total. The maximum Gasteiger partial charge on any atom is 0.509 e. The Bertz CT molecular complexity index is 896. The molecule has 0 bridgehead atoms. The van der Waals surface area contributed by atoms with Crippen LogP contribution in [0.2, 0.25) is 0 Å². The standard InChI is InChI=1S/C27H40O8/c1-6-32-15-33-23(30)27(35-24(31)34-16(2)3)12-10-20-19-8-7-17-13-18(28)9-11-25(17,4)22(19)21(29)14-26(20,27)5/h13,16,19-22,29H,6-12,14-15H2,1-5H3/t19-,20-,21-,22+,25-,26-,27-/m0/s1. The van der Waals surface area contributed by atoms with Gasteiger partial charge in [0.1, 0.15) is 0 Å². The van der Waals surface area contributed by atoms with E-state index in [4.69, 9.17) is 18.9 Å². The first kappa shape index (κ1) is 26.1. The van der Waals surface area contributed by atoms with Crippen molar-refractivity contribution in [3.63, 3.8) is 0 Å². The molecule has 0 unspecified atom stereocenters. The van der Waals surface area contributed by atoms with Crippen molar-refractivity contribution in [2.75, 3.05) is 13.4 Å². The number of ether oxygens (including phenoxy) is 4. The largest absolute Gasteiger partial charge is 0.509 e. The maximum atomic E-state index is 13.6. The fraction of sp³-hybridized carbons (Fsp3) is 0.815. The minimum absolute atomic E-state index is 0.00784. The van der Waals surface area contributed by atoms with Crippen molar-refractivity contribution >= 4 is 17.9 Å². The van der Waals surface area contributed by atoms with Gasteiger partial charge >= 0.3 is 12.1 Å². The molecule has 196 valence electrons. The fourth-order valence-corrected chi connectivity index (χ4v) is 7.87. The molecule has 4 rings (SSSR count). The molecule has 8 nitrogen and oxygen atoms in total. The predicted molar refractivity (Wildman–Crippen MR) is 126 cm³/mol. The predicted octanol–water partition coefficient (Wildman–Crippen LogP) is 4.33. The molecular weight excluding hydrogens is 452 g/mol. The fourth-order valence-electron chi connectivity index (χ4n) is 7.87. The zero-order valence-corrected chi connectivity index (χ0v) is 21.6. The van der Waals surface area contributed by atoms with Crippen LogP contribution in [0.5, 0.6) is 0 Å². The van der Waals surface area contributed by atoms with Crippen LogP contribution < -0.4 is 0 Å². The number of ketones is 1. The Morgan fingerprint density at radius 1 is 1.17 bits per heavy atom. The van der Waals surface area contributed by atoms with E-state index in [9.17, 15) is 19.5 Å². The first-order valence-electron chi connectivity index (χ1n) is 13.0. The van der Waals surface area contributed by atoms with Crippen molar-refractivity contribution in [1.29, 1.82) is 0 Å². The van der Waals surface area contributed by atoms with Crippen LogP contribution in [-0.2, 0) is 28.5 Å². The Labute approximate surface area is 207 Å². The van der Waals surface area contributed by atoms with Crippen LogP contribution in [0.4, 0.5) is 4.79 Å². The molecule has 8 heteroatoms. The monoisotopic (exact) mass is 492 g/mol. The number of esters is 1. The Kier molecular flexibility index (Phi) is 7.10. The Morgan fingerprint density at radius 2 is 1.91 bits per heavy atom. The Balaban J connectivity index is 1.69. The summed E-state index contributed by atoms with van der Waals surface area (Å²) in [5.74, 6) is -0.288. The second-order valence-electron chi connectivity index (χ2n) is 11.5. The molecule has 0 spiro atoms. The second kappa shape index (κ2) is 9.51. The zero-order valence-electron chi connectivity index (χ0n) is 21.6. The normalized spacial score (nSPS) is 40.3. The third kappa shape index (κ3) is 4.20. The molecule has 0 aromatic rings. The molecule has 4 aliphatic carbocycles. The third-order valence-electron chi connectivity index (χ3n) is 9.41. The van der Waals surface area contributed by atoms with Crippen LogP contribution in [0, 0.1) is 28.6 Å². The Hall–Kier alpha value is -1.93. The minimum atomic E-state index is -1.56. The summed E-state index contributed by atoms with van der Waals surface area (Å²) in [7, 11) is 0. The van der Waals surface area contributed by atoms with E-state index in [1.54, 1.807) is 26.8 Å². The lowest BCUT2D eigenvalue weighted by Crippen LogP contribution is -2.63. The molecule has 0 amide bonds. The number of fused-ring (bicyclic) bond motifs is 5. The summed E-state index contributed by atoms with van der Waals surface area (Å²) in [5.41, 5.74) is -1.48. The molecule has 4 aliphatic rings. The summed E-state index contributed by atoms with van der Waals surface area (Å²) < 4.78 is 21.8. The van der Waals surface area contributed by atoms with Gasteiger partial charge in [0.05, 0.1) is 12.2 Å². The van der Waals surface area contributed by atoms with Gasteiger partial charge in [-0.25, -0.2) is 9.59 Å². The zero-order chi connectivity index (χ0) is 25.6. The first-order valence-corrected chi connectivity index (χ1v) is 13.0. The molecule has 0 aliphatic heterocycles. The van der Waals surface area contributed by atoms with Crippen molar-refractivity contribution in [1.82, 2.24) is 0 Å². The van der Waals surface area contributed by atoms with Crippen molar-refractivity contribution < 1.29 is 38.4 Å². The molecule has 3 saturated carbocycles. The van der Waals surface area contributed by atoms with Gasteiger partial charge in [-0.2, -0.15) is 0 Å². The highest BCUT2D eigenvalue weighted by Gasteiger charge is 2.71. The average molecular weight is 493 g/mol. The van der Waals surface area contributed by atoms with E-state index in [0.717, 1.165) is 24.8 Å². The van der Waals surface area contributed by atoms with Crippen LogP contribution in [0.25, 0.3) is 0 Å². The number of carbonyl (C=O) groups is 3. The lowest BCUT2D eigenvalue weighted by Gasteiger charge is -2.60. The molecule has 0 aromatic heterocycles. The van der Waals surface area contributed by atoms with Gasteiger partial charge in [0.2, 0.25) is 5.60 Å². The minimum Gasteiger partial charge on any atom is -0.435 e. The number of hydrogen-bond acceptors (Lipinski definition) is 8. The lowest BCUT2D eigenvalue weighted by atomic mass is 9.45. The number of rotatable bonds is 6. The number of aliphatic hydroxyl groups is 1. The van der Waals surface area contributed by atoms with Crippen LogP contribution in [-0.4, -0.2) is 54.2 Å². The molecule has 0 saturated heterocycles. The van der Waals surface area contributed by atoms with Crippen molar-refractivity contribution in [2.24, 2.45) is 28.6 Å². The average Bonchev–Trinajstić information content (AvgIpc) is 3.06.